The molecule has 2 saturated carbocycles. The van der Waals surface area contributed by atoms with Gasteiger partial charge < -0.3 is 69.7 Å². The van der Waals surface area contributed by atoms with Gasteiger partial charge in [0.2, 0.25) is 0 Å². The number of nitrogens with two attached hydrogens (primary N) is 3. The predicted octanol–water partition coefficient (Wildman–Crippen LogP) is 2.00. The molecule has 2 unspecified atom stereocenters. The van der Waals surface area contributed by atoms with Crippen molar-refractivity contribution in [2.75, 3.05) is 0 Å². The van der Waals surface area contributed by atoms with E-state index in [1.807, 2.05) is 0 Å². The summed E-state index contributed by atoms with van der Waals surface area (Å²) in [6.45, 7) is 3.89. The Morgan fingerprint density at radius 1 is 0.519 bits per heavy atom. The van der Waals surface area contributed by atoms with Crippen molar-refractivity contribution in [3.63, 3.8) is 0 Å². The Kier molecular flexibility index (Phi) is 149. The molecule has 20 N–H and O–H groups in total. The van der Waals surface area contributed by atoms with E-state index in [-0.39, 0.29) is 127 Å². The summed E-state index contributed by atoms with van der Waals surface area (Å²) >= 11 is 0. The summed E-state index contributed by atoms with van der Waals surface area (Å²) in [4.78, 5) is 0. The molecule has 0 saturated heterocycles. The van der Waals surface area contributed by atoms with Crippen molar-refractivity contribution >= 4 is 0 Å². The van der Waals surface area contributed by atoms with Gasteiger partial charge in [0.25, 0.3) is 0 Å². The molecule has 11 nitrogen and oxygen atoms in total. The normalized spacial score (nSPS) is 18.3. The van der Waals surface area contributed by atoms with E-state index in [1.54, 1.807) is 0 Å². The van der Waals surface area contributed by atoms with Crippen LogP contribution in [-0.2, 0) is 63.2 Å². The zero-order valence-electron chi connectivity index (χ0n) is 15.5. The Balaban J connectivity index is -0.0000000116. The average molecular weight is 951 g/mol. The van der Waals surface area contributed by atoms with Crippen LogP contribution < -0.4 is 0 Å². The quantitative estimate of drug-likeness (QED) is 0.315. The molecule has 2 fully saturated rings. The van der Waals surface area contributed by atoms with Crippen LogP contribution in [0.4, 0.5) is 0 Å². The first-order valence-corrected chi connectivity index (χ1v) is 6.45. The molecule has 186 valence electrons. The standard InChI is InChI=1S/C7H13N.C6H12N.3H2N.6H2O.3Pt/c1-6-4-2-3-5-7(6)8;7-6-4-2-1-3-5-6;;;;;;;;;;;;/h6-8H,1-5H2;6-7H,1-5H2;9*1H2;;;/q-2;4*-1;;;;;;;3*+2. The van der Waals surface area contributed by atoms with Gasteiger partial charge in [-0.15, -0.1) is 6.04 Å². The summed E-state index contributed by atoms with van der Waals surface area (Å²) in [7, 11) is 0. The van der Waals surface area contributed by atoms with Crippen molar-refractivity contribution in [1.29, 1.82) is 0 Å². The van der Waals surface area contributed by atoms with Crippen LogP contribution in [0.25, 0.3) is 29.9 Å². The first-order valence-electron chi connectivity index (χ1n) is 6.45. The van der Waals surface area contributed by atoms with Crippen molar-refractivity contribution in [2.24, 2.45) is 5.92 Å². The Hall–Kier alpha value is 1.62. The molecule has 14 heteroatoms. The molecule has 0 heterocycles. The molecule has 2 rings (SSSR count). The van der Waals surface area contributed by atoms with E-state index >= 15 is 0 Å². The summed E-state index contributed by atoms with van der Waals surface area (Å²) in [5.74, 6) is 0.420. The van der Waals surface area contributed by atoms with Gasteiger partial charge in [0, 0.05) is 0 Å². The minimum absolute atomic E-state index is 0. The topological polar surface area (TPSA) is 337 Å². The molecule has 0 amide bonds. The fourth-order valence-electron chi connectivity index (χ4n) is 2.31. The van der Waals surface area contributed by atoms with E-state index in [4.69, 9.17) is 11.5 Å². The maximum absolute atomic E-state index is 7.42. The van der Waals surface area contributed by atoms with Gasteiger partial charge in [-0.25, -0.2) is 0 Å². The van der Waals surface area contributed by atoms with Gasteiger partial charge in [0.1, 0.15) is 0 Å². The van der Waals surface area contributed by atoms with E-state index in [2.05, 4.69) is 6.92 Å². The largest absolute Gasteiger partial charge is 2.00 e. The van der Waals surface area contributed by atoms with Crippen molar-refractivity contribution in [3.8, 4) is 0 Å². The molecule has 0 aromatic heterocycles. The molecule has 27 heavy (non-hydrogen) atoms. The zero-order valence-corrected chi connectivity index (χ0v) is 22.3. The second kappa shape index (κ2) is 50.8. The van der Waals surface area contributed by atoms with E-state index in [0.717, 1.165) is 19.3 Å². The van der Waals surface area contributed by atoms with Gasteiger partial charge in [-0.05, 0) is 0 Å². The summed E-state index contributed by atoms with van der Waals surface area (Å²) in [5, 5.41) is 0. The van der Waals surface area contributed by atoms with Crippen LogP contribution in [0.2, 0.25) is 0 Å². The van der Waals surface area contributed by atoms with Gasteiger partial charge in [-0.1, -0.05) is 57.8 Å². The van der Waals surface area contributed by atoms with Gasteiger partial charge in [-0.3, -0.25) is 0 Å². The predicted molar refractivity (Wildman–Crippen MR) is 104 cm³/mol. The number of nitrogens with one attached hydrogen (secondary N) is 2. The summed E-state index contributed by atoms with van der Waals surface area (Å²) in [5.41, 5.74) is 14.7. The van der Waals surface area contributed by atoms with Crippen LogP contribution in [0.5, 0.6) is 0 Å². The van der Waals surface area contributed by atoms with Gasteiger partial charge in [-0.2, -0.15) is 12.0 Å². The first kappa shape index (κ1) is 79.0. The van der Waals surface area contributed by atoms with E-state index in [0.29, 0.717) is 5.92 Å². The molecule has 2 atom stereocenters. The van der Waals surface area contributed by atoms with Crippen LogP contribution >= 0.6 is 0 Å². The Morgan fingerprint density at radius 2 is 0.815 bits per heavy atom. The number of hydrogen-bond donors (Lipinski definition) is 0. The second-order valence-corrected chi connectivity index (χ2v) is 4.99. The fraction of sp³-hybridized carbons (Fsp3) is 0.923. The minimum Gasteiger partial charge on any atom is -0.693 e. The van der Waals surface area contributed by atoms with Crippen molar-refractivity contribution in [3.05, 3.63) is 36.8 Å². The SMILES string of the molecule is O.O.O.O.O.O.[CH2-]C1CCCCC1[NH-].[NH-]C1CCCCC1.[NH2-].[NH2-].[NH2-].[Pt+2].[Pt+2].[Pt+2]. The fourth-order valence-corrected chi connectivity index (χ4v) is 2.31. The first-order chi connectivity index (χ1) is 7.20. The molecular formula is C13H43N5O6Pt3. The zero-order chi connectivity index (χ0) is 11.1. The summed E-state index contributed by atoms with van der Waals surface area (Å²) in [6.07, 6.45) is 11.1. The van der Waals surface area contributed by atoms with Crippen molar-refractivity contribution in [2.45, 2.75) is 69.9 Å². The molecule has 0 bridgehead atoms. The number of rotatable bonds is 0. The molecule has 0 spiro atoms. The van der Waals surface area contributed by atoms with Crippen LogP contribution in [0, 0.1) is 12.8 Å². The molecular weight excluding hydrogens is 907 g/mol. The molecule has 0 aliphatic heterocycles. The van der Waals surface area contributed by atoms with Gasteiger partial charge in [0.05, 0.1) is 0 Å². The average Bonchev–Trinajstić information content (AvgIpc) is 2.25. The molecule has 0 aromatic carbocycles. The van der Waals surface area contributed by atoms with E-state index in [9.17, 15) is 0 Å². The van der Waals surface area contributed by atoms with Crippen molar-refractivity contribution < 1.29 is 96.1 Å². The Bertz CT molecular complexity index is 183. The third kappa shape index (κ3) is 42.6. The summed E-state index contributed by atoms with van der Waals surface area (Å²) < 4.78 is 0. The smallest absolute Gasteiger partial charge is 0.693 e. The molecule has 0 aromatic rings. The molecule has 2 aliphatic rings. The maximum Gasteiger partial charge on any atom is 2.00 e. The number of hydrogen-bond acceptors (Lipinski definition) is 0. The third-order valence-electron chi connectivity index (χ3n) is 3.51. The third-order valence-corrected chi connectivity index (χ3v) is 3.51. The molecule has 2 aliphatic carbocycles. The second-order valence-electron chi connectivity index (χ2n) is 4.99. The minimum atomic E-state index is 0. The van der Waals surface area contributed by atoms with Gasteiger partial charge in [0.15, 0.2) is 0 Å². The molecule has 0 radical (unpaired) electrons. The maximum atomic E-state index is 7.42. The Labute approximate surface area is 207 Å². The summed E-state index contributed by atoms with van der Waals surface area (Å²) in [6, 6.07) is 0.428. The van der Waals surface area contributed by atoms with E-state index in [1.165, 1.54) is 38.5 Å². The Morgan fingerprint density at radius 3 is 1.00 bits per heavy atom. The van der Waals surface area contributed by atoms with Crippen LogP contribution in [0.15, 0.2) is 0 Å². The van der Waals surface area contributed by atoms with Gasteiger partial charge >= 0.3 is 63.2 Å². The van der Waals surface area contributed by atoms with E-state index < -0.39 is 0 Å². The van der Waals surface area contributed by atoms with Crippen LogP contribution in [-0.4, -0.2) is 44.9 Å². The van der Waals surface area contributed by atoms with Crippen molar-refractivity contribution in [1.82, 2.24) is 0 Å². The van der Waals surface area contributed by atoms with Crippen LogP contribution in [0.1, 0.15) is 57.8 Å². The monoisotopic (exact) mass is 950 g/mol. The van der Waals surface area contributed by atoms with Crippen LogP contribution in [0.3, 0.4) is 0 Å².